The van der Waals surface area contributed by atoms with Crippen molar-refractivity contribution >= 4 is 6.08 Å². The SMILES string of the molecule is C/C=C/c1ccc(OCCC[NH+]2CCC[C@H](C)C2)c(OC)c1. The highest BCUT2D eigenvalue weighted by atomic mass is 16.5. The molecule has 0 bridgehead atoms. The van der Waals surface area contributed by atoms with Gasteiger partial charge in [0.1, 0.15) is 0 Å². The summed E-state index contributed by atoms with van der Waals surface area (Å²) in [6.07, 6.45) is 7.96. The number of quaternary nitrogens is 1. The fourth-order valence-corrected chi connectivity index (χ4v) is 3.23. The molecule has 0 spiro atoms. The maximum Gasteiger partial charge on any atom is 0.161 e. The molecule has 0 aliphatic carbocycles. The Bertz CT molecular complexity index is 484. The highest BCUT2D eigenvalue weighted by molar-refractivity contribution is 5.55. The molecule has 0 saturated carbocycles. The van der Waals surface area contributed by atoms with Crippen molar-refractivity contribution in [2.45, 2.75) is 33.1 Å². The van der Waals surface area contributed by atoms with Gasteiger partial charge < -0.3 is 14.4 Å². The van der Waals surface area contributed by atoms with Gasteiger partial charge in [-0.05, 0) is 37.5 Å². The first-order valence-electron chi connectivity index (χ1n) is 8.50. The van der Waals surface area contributed by atoms with Crippen molar-refractivity contribution in [3.63, 3.8) is 0 Å². The van der Waals surface area contributed by atoms with Crippen LogP contribution in [0.4, 0.5) is 0 Å². The number of nitrogens with one attached hydrogen (secondary N) is 1. The van der Waals surface area contributed by atoms with E-state index in [0.29, 0.717) is 0 Å². The summed E-state index contributed by atoms with van der Waals surface area (Å²) in [6, 6.07) is 6.09. The molecule has 1 fully saturated rings. The average molecular weight is 304 g/mol. The van der Waals surface area contributed by atoms with Crippen molar-refractivity contribution in [2.75, 3.05) is 33.4 Å². The minimum atomic E-state index is 0.761. The molecule has 1 heterocycles. The molecule has 1 aromatic carbocycles. The van der Waals surface area contributed by atoms with Crippen molar-refractivity contribution < 1.29 is 14.4 Å². The first-order chi connectivity index (χ1) is 10.7. The molecule has 3 nitrogen and oxygen atoms in total. The first-order valence-corrected chi connectivity index (χ1v) is 8.50. The van der Waals surface area contributed by atoms with E-state index in [9.17, 15) is 0 Å². The second-order valence-electron chi connectivity index (χ2n) is 6.31. The van der Waals surface area contributed by atoms with Crippen LogP contribution in [0.25, 0.3) is 6.08 Å². The summed E-state index contributed by atoms with van der Waals surface area (Å²) in [5.74, 6) is 2.54. The summed E-state index contributed by atoms with van der Waals surface area (Å²) in [7, 11) is 1.70. The van der Waals surface area contributed by atoms with Gasteiger partial charge in [0.25, 0.3) is 0 Å². The van der Waals surface area contributed by atoms with Crippen LogP contribution >= 0.6 is 0 Å². The van der Waals surface area contributed by atoms with Crippen LogP contribution in [-0.4, -0.2) is 33.4 Å². The van der Waals surface area contributed by atoms with Crippen molar-refractivity contribution in [3.05, 3.63) is 29.8 Å². The van der Waals surface area contributed by atoms with Gasteiger partial charge in [0, 0.05) is 12.3 Å². The van der Waals surface area contributed by atoms with E-state index in [1.54, 1.807) is 12.0 Å². The lowest BCUT2D eigenvalue weighted by atomic mass is 10.0. The number of benzene rings is 1. The molecule has 1 saturated heterocycles. The van der Waals surface area contributed by atoms with Crippen LogP contribution in [0.2, 0.25) is 0 Å². The van der Waals surface area contributed by atoms with Crippen molar-refractivity contribution in [3.8, 4) is 11.5 Å². The van der Waals surface area contributed by atoms with Crippen LogP contribution < -0.4 is 14.4 Å². The van der Waals surface area contributed by atoms with Crippen LogP contribution in [0.3, 0.4) is 0 Å². The average Bonchev–Trinajstić information content (AvgIpc) is 2.53. The zero-order valence-electron chi connectivity index (χ0n) is 14.2. The van der Waals surface area contributed by atoms with Crippen LogP contribution in [-0.2, 0) is 0 Å². The largest absolute Gasteiger partial charge is 0.493 e. The highest BCUT2D eigenvalue weighted by Crippen LogP contribution is 2.28. The summed E-state index contributed by atoms with van der Waals surface area (Å²) in [5.41, 5.74) is 1.14. The van der Waals surface area contributed by atoms with Crippen molar-refractivity contribution in [1.82, 2.24) is 0 Å². The Balaban J connectivity index is 1.78. The molecule has 3 heteroatoms. The van der Waals surface area contributed by atoms with Gasteiger partial charge in [0.05, 0.1) is 33.4 Å². The van der Waals surface area contributed by atoms with E-state index in [1.807, 2.05) is 25.1 Å². The molecule has 1 aromatic rings. The summed E-state index contributed by atoms with van der Waals surface area (Å²) < 4.78 is 11.3. The third kappa shape index (κ3) is 5.06. The van der Waals surface area contributed by atoms with Crippen LogP contribution in [0, 0.1) is 5.92 Å². The predicted octanol–water partition coefficient (Wildman–Crippen LogP) is 2.81. The van der Waals surface area contributed by atoms with Crippen LogP contribution in [0.15, 0.2) is 24.3 Å². The molecule has 0 amide bonds. The van der Waals surface area contributed by atoms with Gasteiger partial charge in [-0.25, -0.2) is 0 Å². The van der Waals surface area contributed by atoms with Crippen molar-refractivity contribution in [1.29, 1.82) is 0 Å². The number of ether oxygens (including phenoxy) is 2. The lowest BCUT2D eigenvalue weighted by molar-refractivity contribution is -0.908. The van der Waals surface area contributed by atoms with Gasteiger partial charge >= 0.3 is 0 Å². The number of methoxy groups -OCH3 is 1. The van der Waals surface area contributed by atoms with E-state index in [-0.39, 0.29) is 0 Å². The Morgan fingerprint density at radius 3 is 2.91 bits per heavy atom. The molecule has 0 aromatic heterocycles. The zero-order valence-corrected chi connectivity index (χ0v) is 14.2. The second-order valence-corrected chi connectivity index (χ2v) is 6.31. The molecule has 122 valence electrons. The Labute approximate surface area is 134 Å². The maximum absolute atomic E-state index is 5.92. The molecule has 2 rings (SSSR count). The Kier molecular flexibility index (Phi) is 6.78. The van der Waals surface area contributed by atoms with E-state index < -0.39 is 0 Å². The number of rotatable bonds is 7. The summed E-state index contributed by atoms with van der Waals surface area (Å²) in [6.45, 7) is 9.00. The summed E-state index contributed by atoms with van der Waals surface area (Å²) in [4.78, 5) is 1.73. The van der Waals surface area contributed by atoms with Gasteiger partial charge in [-0.1, -0.05) is 25.1 Å². The molecular weight excluding hydrogens is 274 g/mol. The number of allylic oxidation sites excluding steroid dienone is 1. The van der Waals surface area contributed by atoms with Gasteiger partial charge in [0.2, 0.25) is 0 Å². The van der Waals surface area contributed by atoms with E-state index in [2.05, 4.69) is 19.1 Å². The Hall–Kier alpha value is -1.48. The molecule has 0 radical (unpaired) electrons. The lowest BCUT2D eigenvalue weighted by Gasteiger charge is -2.27. The topological polar surface area (TPSA) is 22.9 Å². The minimum Gasteiger partial charge on any atom is -0.493 e. The Morgan fingerprint density at radius 2 is 2.18 bits per heavy atom. The van der Waals surface area contributed by atoms with Crippen LogP contribution in [0.5, 0.6) is 11.5 Å². The standard InChI is InChI=1S/C19H29NO2/c1-4-7-17-9-10-18(19(14-17)21-3)22-13-6-12-20-11-5-8-16(2)15-20/h4,7,9-10,14,16H,5-6,8,11-13,15H2,1-3H3/p+1/b7-4+/t16-/m0/s1. The van der Waals surface area contributed by atoms with Crippen molar-refractivity contribution in [2.24, 2.45) is 5.92 Å². The number of piperidine rings is 1. The monoisotopic (exact) mass is 304 g/mol. The van der Waals surface area contributed by atoms with E-state index in [0.717, 1.165) is 36.0 Å². The molecular formula is C19H30NO2+. The van der Waals surface area contributed by atoms with Gasteiger partial charge in [-0.2, -0.15) is 0 Å². The van der Waals surface area contributed by atoms with Gasteiger partial charge in [-0.15, -0.1) is 0 Å². The quantitative estimate of drug-likeness (QED) is 0.783. The molecule has 1 aliphatic rings. The predicted molar refractivity (Wildman–Crippen MR) is 91.8 cm³/mol. The fourth-order valence-electron chi connectivity index (χ4n) is 3.23. The van der Waals surface area contributed by atoms with E-state index in [1.165, 1.54) is 32.5 Å². The summed E-state index contributed by atoms with van der Waals surface area (Å²) in [5, 5.41) is 0. The molecule has 1 N–H and O–H groups in total. The zero-order chi connectivity index (χ0) is 15.8. The Morgan fingerprint density at radius 1 is 1.32 bits per heavy atom. The van der Waals surface area contributed by atoms with Gasteiger partial charge in [0.15, 0.2) is 11.5 Å². The van der Waals surface area contributed by atoms with E-state index in [4.69, 9.17) is 9.47 Å². The highest BCUT2D eigenvalue weighted by Gasteiger charge is 2.18. The number of likely N-dealkylation sites (tertiary alicyclic amines) is 1. The third-order valence-electron chi connectivity index (χ3n) is 4.34. The van der Waals surface area contributed by atoms with Crippen LogP contribution in [0.1, 0.15) is 38.7 Å². The lowest BCUT2D eigenvalue weighted by Crippen LogP contribution is -3.13. The molecule has 1 aliphatic heterocycles. The smallest absolute Gasteiger partial charge is 0.161 e. The number of hydrogen-bond acceptors (Lipinski definition) is 2. The minimum absolute atomic E-state index is 0.761. The normalized spacial score (nSPS) is 22.0. The number of hydrogen-bond donors (Lipinski definition) is 1. The summed E-state index contributed by atoms with van der Waals surface area (Å²) >= 11 is 0. The molecule has 22 heavy (non-hydrogen) atoms. The molecule has 2 atom stereocenters. The second kappa shape index (κ2) is 8.84. The third-order valence-corrected chi connectivity index (χ3v) is 4.34. The van der Waals surface area contributed by atoms with E-state index >= 15 is 0 Å². The fraction of sp³-hybridized carbons (Fsp3) is 0.579. The first kappa shape index (κ1) is 16.9. The molecule has 1 unspecified atom stereocenters. The maximum atomic E-state index is 5.92. The van der Waals surface area contributed by atoms with Gasteiger partial charge in [-0.3, -0.25) is 0 Å².